The van der Waals surface area contributed by atoms with Gasteiger partial charge in [-0.15, -0.1) is 4.83 Å². The number of nitrogens with one attached hydrogen (secondary N) is 2. The van der Waals surface area contributed by atoms with Gasteiger partial charge < -0.3 is 4.74 Å². The van der Waals surface area contributed by atoms with E-state index in [-0.39, 0.29) is 14.9 Å². The van der Waals surface area contributed by atoms with Crippen LogP contribution in [0.2, 0.25) is 10.0 Å². The van der Waals surface area contributed by atoms with Gasteiger partial charge in [0.25, 0.3) is 15.9 Å². The van der Waals surface area contributed by atoms with Gasteiger partial charge in [-0.25, -0.2) is 8.42 Å². The number of halogens is 2. The highest BCUT2D eigenvalue weighted by Crippen LogP contribution is 2.24. The van der Waals surface area contributed by atoms with Crippen LogP contribution in [0.25, 0.3) is 10.8 Å². The molecule has 0 radical (unpaired) electrons. The Morgan fingerprint density at radius 1 is 1.00 bits per heavy atom. The third-order valence-corrected chi connectivity index (χ3v) is 5.86. The summed E-state index contributed by atoms with van der Waals surface area (Å²) in [7, 11) is -4.10. The Balaban J connectivity index is 1.65. The van der Waals surface area contributed by atoms with Crippen LogP contribution in [0.15, 0.2) is 65.6 Å². The summed E-state index contributed by atoms with van der Waals surface area (Å²) in [5, 5.41) is 2.18. The number of carbonyl (C=O) groups excluding carboxylic acids is 1. The molecule has 0 unspecified atom stereocenters. The topological polar surface area (TPSA) is 84.5 Å². The maximum atomic E-state index is 12.3. The Morgan fingerprint density at radius 2 is 1.71 bits per heavy atom. The van der Waals surface area contributed by atoms with E-state index in [4.69, 9.17) is 27.9 Å². The summed E-state index contributed by atoms with van der Waals surface area (Å²) >= 11 is 11.7. The molecule has 3 aromatic rings. The first-order valence-corrected chi connectivity index (χ1v) is 10.4. The van der Waals surface area contributed by atoms with Crippen LogP contribution in [0.3, 0.4) is 0 Å². The number of carbonyl (C=O) groups is 1. The molecule has 146 valence electrons. The molecule has 0 aliphatic carbocycles. The van der Waals surface area contributed by atoms with Crippen LogP contribution in [0.5, 0.6) is 5.75 Å². The molecule has 0 bridgehead atoms. The second-order valence-electron chi connectivity index (χ2n) is 5.94. The zero-order valence-corrected chi connectivity index (χ0v) is 17.0. The number of hydrazine groups is 1. The molecular weight excluding hydrogens is 423 g/mol. The number of rotatable bonds is 6. The first-order valence-electron chi connectivity index (χ1n) is 8.18. The smallest absolute Gasteiger partial charge is 0.275 e. The minimum atomic E-state index is -4.10. The monoisotopic (exact) mass is 438 g/mol. The van der Waals surface area contributed by atoms with E-state index < -0.39 is 22.0 Å². The van der Waals surface area contributed by atoms with Crippen molar-refractivity contribution in [3.05, 3.63) is 70.7 Å². The zero-order valence-electron chi connectivity index (χ0n) is 14.6. The van der Waals surface area contributed by atoms with Crippen molar-refractivity contribution in [2.75, 3.05) is 0 Å². The Bertz CT molecular complexity index is 1140. The van der Waals surface area contributed by atoms with E-state index in [2.05, 4.69) is 5.43 Å². The number of benzene rings is 3. The largest absolute Gasteiger partial charge is 0.481 e. The third kappa shape index (κ3) is 4.74. The predicted octanol–water partition coefficient (Wildman–Crippen LogP) is 3.92. The second kappa shape index (κ2) is 8.36. The summed E-state index contributed by atoms with van der Waals surface area (Å²) in [5.74, 6) is -0.183. The molecule has 6 nitrogen and oxygen atoms in total. The summed E-state index contributed by atoms with van der Waals surface area (Å²) in [6.45, 7) is 1.51. The summed E-state index contributed by atoms with van der Waals surface area (Å²) < 4.78 is 30.3. The molecule has 3 aromatic carbocycles. The van der Waals surface area contributed by atoms with Gasteiger partial charge >= 0.3 is 0 Å². The Hall–Kier alpha value is -2.32. The molecule has 0 saturated carbocycles. The van der Waals surface area contributed by atoms with E-state index in [1.165, 1.54) is 25.1 Å². The maximum Gasteiger partial charge on any atom is 0.275 e. The number of amides is 1. The molecule has 3 rings (SSSR count). The molecule has 1 amide bonds. The van der Waals surface area contributed by atoms with E-state index in [0.29, 0.717) is 5.75 Å². The van der Waals surface area contributed by atoms with Crippen LogP contribution >= 0.6 is 23.2 Å². The van der Waals surface area contributed by atoms with Gasteiger partial charge in [0.2, 0.25) is 0 Å². The lowest BCUT2D eigenvalue weighted by Crippen LogP contribution is -2.47. The van der Waals surface area contributed by atoms with E-state index in [9.17, 15) is 13.2 Å². The summed E-state index contributed by atoms with van der Waals surface area (Å²) in [5.41, 5.74) is 2.12. The van der Waals surface area contributed by atoms with Gasteiger partial charge in [0.1, 0.15) is 10.6 Å². The van der Waals surface area contributed by atoms with Crippen LogP contribution < -0.4 is 15.0 Å². The number of ether oxygens (including phenoxy) is 1. The van der Waals surface area contributed by atoms with Crippen LogP contribution in [0, 0.1) is 0 Å². The molecule has 0 aliphatic rings. The number of hydrogen-bond donors (Lipinski definition) is 2. The molecule has 0 saturated heterocycles. The average molecular weight is 439 g/mol. The van der Waals surface area contributed by atoms with Gasteiger partial charge in [-0.2, -0.15) is 0 Å². The van der Waals surface area contributed by atoms with Gasteiger partial charge in [-0.1, -0.05) is 53.5 Å². The summed E-state index contributed by atoms with van der Waals surface area (Å²) in [6.07, 6.45) is -0.946. The predicted molar refractivity (Wildman–Crippen MR) is 109 cm³/mol. The quantitative estimate of drug-likeness (QED) is 0.571. The highest BCUT2D eigenvalue weighted by Gasteiger charge is 2.21. The van der Waals surface area contributed by atoms with Gasteiger partial charge in [-0.3, -0.25) is 10.2 Å². The van der Waals surface area contributed by atoms with Gasteiger partial charge in [0, 0.05) is 5.02 Å². The lowest BCUT2D eigenvalue weighted by atomic mass is 10.1. The molecule has 2 N–H and O–H groups in total. The molecule has 0 spiro atoms. The molecule has 28 heavy (non-hydrogen) atoms. The van der Waals surface area contributed by atoms with E-state index in [0.717, 1.165) is 10.8 Å². The van der Waals surface area contributed by atoms with Crippen LogP contribution in [0.1, 0.15) is 6.92 Å². The molecule has 0 aromatic heterocycles. The van der Waals surface area contributed by atoms with Gasteiger partial charge in [0.05, 0.1) is 5.02 Å². The fourth-order valence-corrected chi connectivity index (χ4v) is 4.07. The van der Waals surface area contributed by atoms with Crippen molar-refractivity contribution in [1.29, 1.82) is 0 Å². The fraction of sp³-hybridized carbons (Fsp3) is 0.105. The first kappa shape index (κ1) is 20.4. The molecule has 0 heterocycles. The number of hydrogen-bond acceptors (Lipinski definition) is 4. The van der Waals surface area contributed by atoms with Gasteiger partial charge in [-0.05, 0) is 48.0 Å². The molecular formula is C19H16Cl2N2O4S. The third-order valence-electron chi connectivity index (χ3n) is 3.89. The summed E-state index contributed by atoms with van der Waals surface area (Å²) in [4.78, 5) is 14.0. The maximum absolute atomic E-state index is 12.3. The minimum Gasteiger partial charge on any atom is -0.481 e. The molecule has 1 atom stereocenters. The van der Waals surface area contributed by atoms with Crippen molar-refractivity contribution < 1.29 is 17.9 Å². The van der Waals surface area contributed by atoms with Crippen molar-refractivity contribution in [2.45, 2.75) is 17.9 Å². The van der Waals surface area contributed by atoms with Crippen molar-refractivity contribution in [1.82, 2.24) is 10.3 Å². The van der Waals surface area contributed by atoms with Crippen molar-refractivity contribution in [3.63, 3.8) is 0 Å². The summed E-state index contributed by atoms with van der Waals surface area (Å²) in [6, 6.07) is 17.1. The Kier molecular flexibility index (Phi) is 6.10. The van der Waals surface area contributed by atoms with Crippen molar-refractivity contribution in [3.8, 4) is 5.75 Å². The van der Waals surface area contributed by atoms with Crippen LogP contribution in [0.4, 0.5) is 0 Å². The molecule has 0 fully saturated rings. The standard InChI is InChI=1S/C19H16Cl2N2O4S/c1-12(27-16-8-6-13-4-2-3-5-14(13)10-16)19(24)22-23-28(25,26)18-11-15(20)7-9-17(18)21/h2-12,23H,1H3,(H,22,24)/t12-/m0/s1. The lowest BCUT2D eigenvalue weighted by molar-refractivity contribution is -0.127. The van der Waals surface area contributed by atoms with Crippen LogP contribution in [-0.2, 0) is 14.8 Å². The Labute approximate surface area is 172 Å². The van der Waals surface area contributed by atoms with E-state index in [1.807, 2.05) is 35.2 Å². The highest BCUT2D eigenvalue weighted by molar-refractivity contribution is 7.89. The van der Waals surface area contributed by atoms with E-state index in [1.54, 1.807) is 12.1 Å². The zero-order chi connectivity index (χ0) is 20.3. The average Bonchev–Trinajstić information content (AvgIpc) is 2.67. The fourth-order valence-electron chi connectivity index (χ4n) is 2.46. The van der Waals surface area contributed by atoms with Crippen molar-refractivity contribution >= 4 is 49.9 Å². The van der Waals surface area contributed by atoms with Crippen LogP contribution in [-0.4, -0.2) is 20.4 Å². The number of fused-ring (bicyclic) bond motifs is 1. The SMILES string of the molecule is C[C@H](Oc1ccc2ccccc2c1)C(=O)NNS(=O)(=O)c1cc(Cl)ccc1Cl. The molecule has 0 aliphatic heterocycles. The Morgan fingerprint density at radius 3 is 2.46 bits per heavy atom. The van der Waals surface area contributed by atoms with Crippen molar-refractivity contribution in [2.24, 2.45) is 0 Å². The molecule has 9 heteroatoms. The second-order valence-corrected chi connectivity index (χ2v) is 8.43. The number of sulfonamides is 1. The lowest BCUT2D eigenvalue weighted by Gasteiger charge is -2.16. The van der Waals surface area contributed by atoms with E-state index >= 15 is 0 Å². The van der Waals surface area contributed by atoms with Gasteiger partial charge in [0.15, 0.2) is 6.10 Å². The highest BCUT2D eigenvalue weighted by atomic mass is 35.5. The minimum absolute atomic E-state index is 0.0217. The first-order chi connectivity index (χ1) is 13.3. The normalized spacial score (nSPS) is 12.5.